The summed E-state index contributed by atoms with van der Waals surface area (Å²) in [7, 11) is 0. The third-order valence-electron chi connectivity index (χ3n) is 4.51. The molecule has 0 aliphatic rings. The van der Waals surface area contributed by atoms with Gasteiger partial charge in [-0.15, -0.1) is 0 Å². The number of nitrogens with one attached hydrogen (secondary N) is 1. The van der Waals surface area contributed by atoms with Gasteiger partial charge in [-0.05, 0) is 48.7 Å². The highest BCUT2D eigenvalue weighted by atomic mass is 16.6. The van der Waals surface area contributed by atoms with Gasteiger partial charge in [-0.2, -0.15) is 5.10 Å². The Bertz CT molecular complexity index is 1060. The number of ether oxygens (including phenoxy) is 2. The minimum Gasteiger partial charge on any atom is -0.494 e. The Morgan fingerprint density at radius 3 is 2.48 bits per heavy atom. The van der Waals surface area contributed by atoms with E-state index in [1.165, 1.54) is 28.4 Å². The molecule has 0 aliphatic carbocycles. The largest absolute Gasteiger partial charge is 0.494 e. The number of aromatic nitrogens is 2. The number of hydrogen-bond donors (Lipinski definition) is 1. The van der Waals surface area contributed by atoms with Gasteiger partial charge >= 0.3 is 0 Å². The van der Waals surface area contributed by atoms with Crippen LogP contribution in [0.2, 0.25) is 0 Å². The summed E-state index contributed by atoms with van der Waals surface area (Å²) in [6.45, 7) is 6.52. The maximum Gasteiger partial charge on any atom is 0.296 e. The van der Waals surface area contributed by atoms with E-state index in [0.29, 0.717) is 24.0 Å². The van der Waals surface area contributed by atoms with Crippen LogP contribution in [0.3, 0.4) is 0 Å². The number of nitro groups is 1. The third kappa shape index (κ3) is 5.59. The van der Waals surface area contributed by atoms with Crippen molar-refractivity contribution in [1.29, 1.82) is 0 Å². The van der Waals surface area contributed by atoms with Gasteiger partial charge in [0.1, 0.15) is 17.2 Å². The molecular weight excluding hydrogens is 400 g/mol. The number of carbonyl (C=O) groups excluding carboxylic acids is 1. The monoisotopic (exact) mass is 424 g/mol. The highest BCUT2D eigenvalue weighted by Gasteiger charge is 2.19. The van der Waals surface area contributed by atoms with E-state index in [1.54, 1.807) is 19.2 Å². The summed E-state index contributed by atoms with van der Waals surface area (Å²) in [6.07, 6.45) is 1.60. The quantitative estimate of drug-likeness (QED) is 0.397. The second-order valence-corrected chi connectivity index (χ2v) is 7.06. The number of benzene rings is 2. The van der Waals surface area contributed by atoms with Crippen LogP contribution in [0, 0.1) is 10.1 Å². The van der Waals surface area contributed by atoms with Gasteiger partial charge in [-0.3, -0.25) is 14.9 Å². The third-order valence-corrected chi connectivity index (χ3v) is 4.51. The van der Waals surface area contributed by atoms with Gasteiger partial charge < -0.3 is 14.8 Å². The number of hydrogen-bond acceptors (Lipinski definition) is 6. The normalized spacial score (nSPS) is 10.7. The van der Waals surface area contributed by atoms with Crippen molar-refractivity contribution < 1.29 is 19.2 Å². The van der Waals surface area contributed by atoms with E-state index in [2.05, 4.69) is 24.3 Å². The van der Waals surface area contributed by atoms with Crippen molar-refractivity contribution in [3.8, 4) is 11.5 Å². The van der Waals surface area contributed by atoms with Crippen molar-refractivity contribution in [2.24, 2.45) is 0 Å². The second-order valence-electron chi connectivity index (χ2n) is 7.06. The smallest absolute Gasteiger partial charge is 0.296 e. The molecule has 0 spiro atoms. The predicted molar refractivity (Wildman–Crippen MR) is 116 cm³/mol. The van der Waals surface area contributed by atoms with E-state index in [0.717, 1.165) is 0 Å². The van der Waals surface area contributed by atoms with Crippen LogP contribution in [0.15, 0.2) is 54.7 Å². The SMILES string of the molecule is CCOc1ccc(NC(=O)c2ccn(COc3ccc(C(C)C)cc3)n2)c([N+](=O)[O-])c1. The lowest BCUT2D eigenvalue weighted by atomic mass is 10.0. The number of nitro benzene ring substituents is 1. The van der Waals surface area contributed by atoms with E-state index in [1.807, 2.05) is 24.3 Å². The Morgan fingerprint density at radius 2 is 1.84 bits per heavy atom. The van der Waals surface area contributed by atoms with Crippen LogP contribution in [0.4, 0.5) is 11.4 Å². The minimum absolute atomic E-state index is 0.0643. The number of nitrogens with zero attached hydrogens (tertiary/aromatic N) is 3. The molecule has 0 bridgehead atoms. The maximum atomic E-state index is 12.5. The molecule has 1 N–H and O–H groups in total. The van der Waals surface area contributed by atoms with Crippen molar-refractivity contribution in [2.75, 3.05) is 11.9 Å². The van der Waals surface area contributed by atoms with Gasteiger partial charge in [0.25, 0.3) is 11.6 Å². The number of carbonyl (C=O) groups is 1. The molecule has 1 aromatic heterocycles. The Morgan fingerprint density at radius 1 is 1.13 bits per heavy atom. The average Bonchev–Trinajstić information content (AvgIpc) is 3.23. The fraction of sp³-hybridized carbons (Fsp3) is 0.273. The first-order valence-electron chi connectivity index (χ1n) is 9.86. The molecule has 0 saturated carbocycles. The Balaban J connectivity index is 1.64. The Kier molecular flexibility index (Phi) is 6.86. The summed E-state index contributed by atoms with van der Waals surface area (Å²) >= 11 is 0. The highest BCUT2D eigenvalue weighted by Crippen LogP contribution is 2.29. The molecule has 0 aliphatic heterocycles. The van der Waals surface area contributed by atoms with Crippen LogP contribution in [0.5, 0.6) is 11.5 Å². The standard InChI is InChI=1S/C22H24N4O5/c1-4-30-18-9-10-19(21(13-18)26(28)29)23-22(27)20-11-12-25(24-20)14-31-17-7-5-16(6-8-17)15(2)3/h5-13,15H,4,14H2,1-3H3,(H,23,27). The molecule has 162 valence electrons. The lowest BCUT2D eigenvalue weighted by molar-refractivity contribution is -0.384. The molecule has 0 fully saturated rings. The molecule has 0 radical (unpaired) electrons. The van der Waals surface area contributed by atoms with Crippen LogP contribution in [-0.4, -0.2) is 27.2 Å². The molecule has 3 rings (SSSR count). The Hall–Kier alpha value is -3.88. The Labute approximate surface area is 179 Å². The van der Waals surface area contributed by atoms with E-state index in [-0.39, 0.29) is 23.8 Å². The van der Waals surface area contributed by atoms with Crippen molar-refractivity contribution in [3.05, 3.63) is 76.1 Å². The molecule has 3 aromatic rings. The molecule has 9 heteroatoms. The summed E-state index contributed by atoms with van der Waals surface area (Å²) in [5.41, 5.74) is 1.14. The van der Waals surface area contributed by atoms with Crippen LogP contribution in [0.25, 0.3) is 0 Å². The van der Waals surface area contributed by atoms with Crippen molar-refractivity contribution in [1.82, 2.24) is 9.78 Å². The van der Waals surface area contributed by atoms with E-state index in [4.69, 9.17) is 9.47 Å². The fourth-order valence-corrected chi connectivity index (χ4v) is 2.86. The summed E-state index contributed by atoms with van der Waals surface area (Å²) in [6, 6.07) is 13.6. The topological polar surface area (TPSA) is 109 Å². The fourth-order valence-electron chi connectivity index (χ4n) is 2.86. The average molecular weight is 424 g/mol. The summed E-state index contributed by atoms with van der Waals surface area (Å²) in [4.78, 5) is 23.3. The van der Waals surface area contributed by atoms with Crippen molar-refractivity contribution in [3.63, 3.8) is 0 Å². The van der Waals surface area contributed by atoms with Gasteiger partial charge in [0.2, 0.25) is 0 Å². The van der Waals surface area contributed by atoms with Gasteiger partial charge in [-0.1, -0.05) is 26.0 Å². The first kappa shape index (κ1) is 21.8. The second kappa shape index (κ2) is 9.75. The number of rotatable bonds is 9. The first-order chi connectivity index (χ1) is 14.9. The van der Waals surface area contributed by atoms with E-state index < -0.39 is 10.8 Å². The molecule has 0 atom stereocenters. The zero-order chi connectivity index (χ0) is 22.4. The van der Waals surface area contributed by atoms with Gasteiger partial charge in [-0.25, -0.2) is 4.68 Å². The molecule has 2 aromatic carbocycles. The van der Waals surface area contributed by atoms with Crippen LogP contribution in [-0.2, 0) is 6.73 Å². The molecule has 1 heterocycles. The lowest BCUT2D eigenvalue weighted by Crippen LogP contribution is -2.15. The lowest BCUT2D eigenvalue weighted by Gasteiger charge is -2.09. The maximum absolute atomic E-state index is 12.5. The van der Waals surface area contributed by atoms with E-state index in [9.17, 15) is 14.9 Å². The highest BCUT2D eigenvalue weighted by molar-refractivity contribution is 6.04. The predicted octanol–water partition coefficient (Wildman–Crippen LogP) is 4.60. The van der Waals surface area contributed by atoms with Crippen LogP contribution in [0.1, 0.15) is 42.7 Å². The molecule has 31 heavy (non-hydrogen) atoms. The zero-order valence-corrected chi connectivity index (χ0v) is 17.6. The van der Waals surface area contributed by atoms with Crippen LogP contribution >= 0.6 is 0 Å². The van der Waals surface area contributed by atoms with Crippen molar-refractivity contribution >= 4 is 17.3 Å². The van der Waals surface area contributed by atoms with E-state index >= 15 is 0 Å². The summed E-state index contributed by atoms with van der Waals surface area (Å²) in [5.74, 6) is 0.922. The molecule has 9 nitrogen and oxygen atoms in total. The van der Waals surface area contributed by atoms with Gasteiger partial charge in [0.05, 0.1) is 17.6 Å². The number of amides is 1. The molecule has 0 saturated heterocycles. The van der Waals surface area contributed by atoms with Crippen LogP contribution < -0.4 is 14.8 Å². The summed E-state index contributed by atoms with van der Waals surface area (Å²) < 4.78 is 12.4. The van der Waals surface area contributed by atoms with Gasteiger partial charge in [0.15, 0.2) is 12.4 Å². The first-order valence-corrected chi connectivity index (χ1v) is 9.86. The van der Waals surface area contributed by atoms with Gasteiger partial charge in [0, 0.05) is 6.20 Å². The molecule has 0 unspecified atom stereocenters. The molecule has 1 amide bonds. The zero-order valence-electron chi connectivity index (χ0n) is 17.6. The van der Waals surface area contributed by atoms with Crippen molar-refractivity contribution in [2.45, 2.75) is 33.4 Å². The number of anilines is 1. The summed E-state index contributed by atoms with van der Waals surface area (Å²) in [5, 5.41) is 18.0. The molecular formula is C22H24N4O5. The minimum atomic E-state index is -0.574.